The van der Waals surface area contributed by atoms with E-state index in [-0.39, 0.29) is 0 Å². The third-order valence-corrected chi connectivity index (χ3v) is 1.81. The molecule has 1 aromatic carbocycles. The van der Waals surface area contributed by atoms with Gasteiger partial charge in [-0.15, -0.1) is 0 Å². The van der Waals surface area contributed by atoms with Crippen LogP contribution in [0.3, 0.4) is 0 Å². The maximum atomic E-state index is 5.17. The van der Waals surface area contributed by atoms with Crippen molar-refractivity contribution in [2.75, 3.05) is 5.32 Å². The number of nitrogens with one attached hydrogen (secondary N) is 1. The van der Waals surface area contributed by atoms with Gasteiger partial charge in [0.1, 0.15) is 0 Å². The minimum absolute atomic E-state index is 0.769. The van der Waals surface area contributed by atoms with Crippen molar-refractivity contribution in [1.82, 2.24) is 0 Å². The molecule has 13 heavy (non-hydrogen) atoms. The van der Waals surface area contributed by atoms with Crippen LogP contribution in [0.25, 0.3) is 0 Å². The molecule has 1 heterocycles. The molecule has 0 unspecified atom stereocenters. The lowest BCUT2D eigenvalue weighted by molar-refractivity contribution is 0.585. The van der Waals surface area contributed by atoms with Crippen molar-refractivity contribution >= 4 is 11.6 Å². The fourth-order valence-corrected chi connectivity index (χ4v) is 1.21. The van der Waals surface area contributed by atoms with E-state index in [1.54, 1.807) is 6.26 Å². The van der Waals surface area contributed by atoms with Crippen LogP contribution in [0.5, 0.6) is 0 Å². The number of aryl methyl sites for hydroxylation is 1. The zero-order chi connectivity index (χ0) is 9.10. The first-order valence-electron chi connectivity index (χ1n) is 4.22. The van der Waals surface area contributed by atoms with Gasteiger partial charge in [-0.25, -0.2) is 0 Å². The Hall–Kier alpha value is -1.70. The Bertz CT molecular complexity index is 379. The number of furan rings is 1. The van der Waals surface area contributed by atoms with Crippen LogP contribution in [-0.4, -0.2) is 0 Å². The number of hydrogen-bond donors (Lipinski definition) is 1. The third kappa shape index (κ3) is 1.90. The van der Waals surface area contributed by atoms with Gasteiger partial charge in [0.25, 0.3) is 0 Å². The lowest BCUT2D eigenvalue weighted by Gasteiger charge is -2.02. The molecule has 0 radical (unpaired) electrons. The number of rotatable bonds is 2. The van der Waals surface area contributed by atoms with Gasteiger partial charge in [0.15, 0.2) is 5.88 Å². The van der Waals surface area contributed by atoms with Crippen LogP contribution < -0.4 is 5.32 Å². The molecule has 0 aliphatic carbocycles. The number of benzene rings is 1. The van der Waals surface area contributed by atoms with E-state index in [0.717, 1.165) is 11.6 Å². The highest BCUT2D eigenvalue weighted by atomic mass is 16.3. The largest absolute Gasteiger partial charge is 0.449 e. The average molecular weight is 173 g/mol. The molecule has 0 amide bonds. The Kier molecular flexibility index (Phi) is 2.04. The fraction of sp³-hybridized carbons (Fsp3) is 0.0909. The molecule has 0 aliphatic heterocycles. The monoisotopic (exact) mass is 173 g/mol. The van der Waals surface area contributed by atoms with Crippen molar-refractivity contribution in [2.24, 2.45) is 0 Å². The minimum Gasteiger partial charge on any atom is -0.449 e. The zero-order valence-electron chi connectivity index (χ0n) is 7.45. The summed E-state index contributed by atoms with van der Waals surface area (Å²) in [5.41, 5.74) is 2.28. The van der Waals surface area contributed by atoms with Crippen LogP contribution in [0.15, 0.2) is 47.1 Å². The fourth-order valence-electron chi connectivity index (χ4n) is 1.21. The van der Waals surface area contributed by atoms with Gasteiger partial charge in [0.05, 0.1) is 6.26 Å². The van der Waals surface area contributed by atoms with Crippen LogP contribution in [0.4, 0.5) is 11.6 Å². The predicted molar refractivity (Wildman–Crippen MR) is 53.2 cm³/mol. The first-order chi connectivity index (χ1) is 6.34. The summed E-state index contributed by atoms with van der Waals surface area (Å²) in [5, 5.41) is 3.16. The highest BCUT2D eigenvalue weighted by Crippen LogP contribution is 2.17. The topological polar surface area (TPSA) is 25.2 Å². The Balaban J connectivity index is 2.19. The van der Waals surface area contributed by atoms with Gasteiger partial charge in [-0.1, -0.05) is 12.1 Å². The summed E-state index contributed by atoms with van der Waals surface area (Å²) < 4.78 is 5.17. The van der Waals surface area contributed by atoms with Crippen LogP contribution >= 0.6 is 0 Å². The third-order valence-electron chi connectivity index (χ3n) is 1.81. The second-order valence-electron chi connectivity index (χ2n) is 2.97. The van der Waals surface area contributed by atoms with Gasteiger partial charge >= 0.3 is 0 Å². The van der Waals surface area contributed by atoms with E-state index >= 15 is 0 Å². The predicted octanol–water partition coefficient (Wildman–Crippen LogP) is 3.33. The molecule has 2 rings (SSSR count). The van der Waals surface area contributed by atoms with Gasteiger partial charge in [-0.05, 0) is 30.7 Å². The molecule has 0 spiro atoms. The Labute approximate surface area is 77.2 Å². The number of anilines is 2. The standard InChI is InChI=1S/C11H11NO/c1-9-4-2-5-10(8-9)12-11-6-3-7-13-11/h2-8,12H,1H3. The second kappa shape index (κ2) is 3.35. The molecular formula is C11H11NO. The SMILES string of the molecule is Cc1cccc(Nc2ccco2)c1. The molecule has 0 saturated heterocycles. The first-order valence-corrected chi connectivity index (χ1v) is 4.22. The molecular weight excluding hydrogens is 162 g/mol. The van der Waals surface area contributed by atoms with Crippen molar-refractivity contribution < 1.29 is 4.42 Å². The summed E-state index contributed by atoms with van der Waals surface area (Å²) in [6.45, 7) is 2.06. The van der Waals surface area contributed by atoms with Crippen molar-refractivity contribution in [3.8, 4) is 0 Å². The van der Waals surface area contributed by atoms with Crippen molar-refractivity contribution in [1.29, 1.82) is 0 Å². The summed E-state index contributed by atoms with van der Waals surface area (Å²) in [6, 6.07) is 11.9. The van der Waals surface area contributed by atoms with Crippen molar-refractivity contribution in [3.05, 3.63) is 48.2 Å². The van der Waals surface area contributed by atoms with E-state index in [1.807, 2.05) is 24.3 Å². The highest BCUT2D eigenvalue weighted by Gasteiger charge is 1.95. The Morgan fingerprint density at radius 1 is 1.15 bits per heavy atom. The zero-order valence-corrected chi connectivity index (χ0v) is 7.45. The molecule has 0 bridgehead atoms. The average Bonchev–Trinajstić information content (AvgIpc) is 2.57. The first kappa shape index (κ1) is 7.92. The molecule has 66 valence electrons. The van der Waals surface area contributed by atoms with Crippen molar-refractivity contribution in [2.45, 2.75) is 6.92 Å². The van der Waals surface area contributed by atoms with Gasteiger partial charge in [-0.3, -0.25) is 0 Å². The molecule has 0 aliphatic rings. The summed E-state index contributed by atoms with van der Waals surface area (Å²) in [4.78, 5) is 0. The number of hydrogen-bond acceptors (Lipinski definition) is 2. The molecule has 0 saturated carbocycles. The molecule has 0 fully saturated rings. The normalized spacial score (nSPS) is 9.92. The van der Waals surface area contributed by atoms with Crippen molar-refractivity contribution in [3.63, 3.8) is 0 Å². The van der Waals surface area contributed by atoms with Crippen LogP contribution in [-0.2, 0) is 0 Å². The Morgan fingerprint density at radius 3 is 2.77 bits per heavy atom. The van der Waals surface area contributed by atoms with Crippen LogP contribution in [0.1, 0.15) is 5.56 Å². The molecule has 1 N–H and O–H groups in total. The van der Waals surface area contributed by atoms with Gasteiger partial charge < -0.3 is 9.73 Å². The van der Waals surface area contributed by atoms with Gasteiger partial charge in [-0.2, -0.15) is 0 Å². The van der Waals surface area contributed by atoms with E-state index in [4.69, 9.17) is 4.42 Å². The van der Waals surface area contributed by atoms with E-state index < -0.39 is 0 Å². The maximum Gasteiger partial charge on any atom is 0.196 e. The molecule has 2 nitrogen and oxygen atoms in total. The smallest absolute Gasteiger partial charge is 0.196 e. The van der Waals surface area contributed by atoms with Gasteiger partial charge in [0.2, 0.25) is 0 Å². The van der Waals surface area contributed by atoms with Crippen LogP contribution in [0.2, 0.25) is 0 Å². The molecule has 2 heteroatoms. The lowest BCUT2D eigenvalue weighted by atomic mass is 10.2. The highest BCUT2D eigenvalue weighted by molar-refractivity contribution is 5.55. The minimum atomic E-state index is 0.769. The second-order valence-corrected chi connectivity index (χ2v) is 2.97. The summed E-state index contributed by atoms with van der Waals surface area (Å²) in [5.74, 6) is 0.769. The van der Waals surface area contributed by atoms with E-state index in [0.29, 0.717) is 0 Å². The van der Waals surface area contributed by atoms with E-state index in [9.17, 15) is 0 Å². The van der Waals surface area contributed by atoms with Crippen LogP contribution in [0, 0.1) is 6.92 Å². The molecule has 0 atom stereocenters. The maximum absolute atomic E-state index is 5.17. The van der Waals surface area contributed by atoms with Gasteiger partial charge in [0, 0.05) is 11.8 Å². The molecule has 2 aromatic rings. The quantitative estimate of drug-likeness (QED) is 0.753. The van der Waals surface area contributed by atoms with E-state index in [2.05, 4.69) is 24.4 Å². The summed E-state index contributed by atoms with van der Waals surface area (Å²) in [6.07, 6.45) is 1.65. The van der Waals surface area contributed by atoms with E-state index in [1.165, 1.54) is 5.56 Å². The Morgan fingerprint density at radius 2 is 2.08 bits per heavy atom. The lowest BCUT2D eigenvalue weighted by Crippen LogP contribution is -1.87. The summed E-state index contributed by atoms with van der Waals surface area (Å²) in [7, 11) is 0. The molecule has 1 aromatic heterocycles. The summed E-state index contributed by atoms with van der Waals surface area (Å²) >= 11 is 0.